The first-order chi connectivity index (χ1) is 7.58. The van der Waals surface area contributed by atoms with Crippen LogP contribution in [0, 0.1) is 0 Å². The minimum absolute atomic E-state index is 0.208. The Morgan fingerprint density at radius 2 is 2.06 bits per heavy atom. The summed E-state index contributed by atoms with van der Waals surface area (Å²) in [6.45, 7) is 2.10. The zero-order valence-corrected chi connectivity index (χ0v) is 10.7. The van der Waals surface area contributed by atoms with Crippen LogP contribution in [-0.2, 0) is 6.42 Å². The van der Waals surface area contributed by atoms with Gasteiger partial charge in [0.15, 0.2) is 0 Å². The molecule has 0 fully saturated rings. The van der Waals surface area contributed by atoms with Crippen molar-refractivity contribution in [3.63, 3.8) is 0 Å². The number of ether oxygens (including phenoxy) is 1. The van der Waals surface area contributed by atoms with Gasteiger partial charge in [0.25, 0.3) is 0 Å². The molecule has 1 atom stereocenters. The minimum atomic E-state index is 0.208. The SMILES string of the molecule is CCC(N)Cc1ccc(N(C)C)cc1OC. The summed E-state index contributed by atoms with van der Waals surface area (Å²) in [5, 5.41) is 0. The van der Waals surface area contributed by atoms with E-state index >= 15 is 0 Å². The number of nitrogens with two attached hydrogens (primary N) is 1. The molecule has 0 saturated carbocycles. The van der Waals surface area contributed by atoms with Gasteiger partial charge in [-0.2, -0.15) is 0 Å². The van der Waals surface area contributed by atoms with Crippen LogP contribution in [0.15, 0.2) is 18.2 Å². The number of anilines is 1. The smallest absolute Gasteiger partial charge is 0.124 e. The minimum Gasteiger partial charge on any atom is -0.496 e. The van der Waals surface area contributed by atoms with Crippen molar-refractivity contribution in [2.75, 3.05) is 26.1 Å². The lowest BCUT2D eigenvalue weighted by Crippen LogP contribution is -2.21. The van der Waals surface area contributed by atoms with Crippen molar-refractivity contribution in [1.29, 1.82) is 0 Å². The van der Waals surface area contributed by atoms with Gasteiger partial charge in [0.05, 0.1) is 7.11 Å². The van der Waals surface area contributed by atoms with E-state index in [9.17, 15) is 0 Å². The first-order valence-electron chi connectivity index (χ1n) is 5.68. The number of nitrogens with zero attached hydrogens (tertiary/aromatic N) is 1. The molecule has 0 aliphatic carbocycles. The van der Waals surface area contributed by atoms with Crippen LogP contribution in [0.3, 0.4) is 0 Å². The first-order valence-corrected chi connectivity index (χ1v) is 5.68. The van der Waals surface area contributed by atoms with E-state index in [1.807, 2.05) is 14.1 Å². The highest BCUT2D eigenvalue weighted by Gasteiger charge is 2.08. The monoisotopic (exact) mass is 222 g/mol. The molecule has 0 saturated heterocycles. The standard InChI is InChI=1S/C13H22N2O/c1-5-11(14)8-10-6-7-12(15(2)3)9-13(10)16-4/h6-7,9,11H,5,8,14H2,1-4H3. The highest BCUT2D eigenvalue weighted by atomic mass is 16.5. The summed E-state index contributed by atoms with van der Waals surface area (Å²) >= 11 is 0. The zero-order chi connectivity index (χ0) is 12.1. The van der Waals surface area contributed by atoms with Gasteiger partial charge in [0.2, 0.25) is 0 Å². The second-order valence-corrected chi connectivity index (χ2v) is 4.26. The van der Waals surface area contributed by atoms with Gasteiger partial charge in [-0.25, -0.2) is 0 Å². The van der Waals surface area contributed by atoms with Crippen molar-refractivity contribution in [3.8, 4) is 5.75 Å². The fourth-order valence-electron chi connectivity index (χ4n) is 1.61. The summed E-state index contributed by atoms with van der Waals surface area (Å²) in [5.41, 5.74) is 8.29. The Morgan fingerprint density at radius 1 is 1.38 bits per heavy atom. The lowest BCUT2D eigenvalue weighted by Gasteiger charge is -2.17. The average Bonchev–Trinajstić information content (AvgIpc) is 2.29. The van der Waals surface area contributed by atoms with Crippen LogP contribution < -0.4 is 15.4 Å². The third-order valence-corrected chi connectivity index (χ3v) is 2.79. The molecule has 1 aromatic rings. The zero-order valence-electron chi connectivity index (χ0n) is 10.7. The normalized spacial score (nSPS) is 12.3. The van der Waals surface area contributed by atoms with Gasteiger partial charge in [-0.05, 0) is 24.5 Å². The van der Waals surface area contributed by atoms with Gasteiger partial charge in [0, 0.05) is 31.9 Å². The molecule has 0 amide bonds. The lowest BCUT2D eigenvalue weighted by molar-refractivity contribution is 0.407. The van der Waals surface area contributed by atoms with Crippen LogP contribution in [0.5, 0.6) is 5.75 Å². The lowest BCUT2D eigenvalue weighted by atomic mass is 10.0. The van der Waals surface area contributed by atoms with Gasteiger partial charge in [-0.3, -0.25) is 0 Å². The molecule has 0 aliphatic rings. The van der Waals surface area contributed by atoms with Gasteiger partial charge < -0.3 is 15.4 Å². The van der Waals surface area contributed by atoms with Crippen molar-refractivity contribution in [2.45, 2.75) is 25.8 Å². The first kappa shape index (κ1) is 12.8. The van der Waals surface area contributed by atoms with E-state index < -0.39 is 0 Å². The van der Waals surface area contributed by atoms with E-state index in [2.05, 4.69) is 30.0 Å². The number of hydrogen-bond donors (Lipinski definition) is 1. The van der Waals surface area contributed by atoms with Gasteiger partial charge >= 0.3 is 0 Å². The Hall–Kier alpha value is -1.22. The molecule has 0 spiro atoms. The van der Waals surface area contributed by atoms with Crippen molar-refractivity contribution >= 4 is 5.69 Å². The summed E-state index contributed by atoms with van der Waals surface area (Å²) < 4.78 is 5.40. The molecular weight excluding hydrogens is 200 g/mol. The molecule has 3 nitrogen and oxygen atoms in total. The van der Waals surface area contributed by atoms with E-state index in [4.69, 9.17) is 10.5 Å². The summed E-state index contributed by atoms with van der Waals surface area (Å²) in [6, 6.07) is 6.46. The molecule has 0 aromatic heterocycles. The Labute approximate surface area is 98.2 Å². The summed E-state index contributed by atoms with van der Waals surface area (Å²) in [7, 11) is 5.74. The van der Waals surface area contributed by atoms with Gasteiger partial charge in [-0.1, -0.05) is 13.0 Å². The molecule has 3 heteroatoms. The van der Waals surface area contributed by atoms with Crippen LogP contribution in [0.25, 0.3) is 0 Å². The van der Waals surface area contributed by atoms with Crippen molar-refractivity contribution in [2.24, 2.45) is 5.73 Å². The molecule has 0 aliphatic heterocycles. The maximum Gasteiger partial charge on any atom is 0.124 e. The molecule has 0 bridgehead atoms. The largest absolute Gasteiger partial charge is 0.496 e. The van der Waals surface area contributed by atoms with E-state index in [0.717, 1.165) is 24.3 Å². The summed E-state index contributed by atoms with van der Waals surface area (Å²) in [4.78, 5) is 2.06. The number of benzene rings is 1. The van der Waals surface area contributed by atoms with Crippen molar-refractivity contribution < 1.29 is 4.74 Å². The summed E-state index contributed by atoms with van der Waals surface area (Å²) in [6.07, 6.45) is 1.85. The number of rotatable bonds is 5. The van der Waals surface area contributed by atoms with Crippen LogP contribution in [0.2, 0.25) is 0 Å². The Bertz CT molecular complexity index is 337. The van der Waals surface area contributed by atoms with Crippen LogP contribution >= 0.6 is 0 Å². The molecular formula is C13H22N2O. The highest BCUT2D eigenvalue weighted by Crippen LogP contribution is 2.25. The second kappa shape index (κ2) is 5.75. The van der Waals surface area contributed by atoms with Crippen molar-refractivity contribution in [3.05, 3.63) is 23.8 Å². The van der Waals surface area contributed by atoms with Crippen LogP contribution in [-0.4, -0.2) is 27.2 Å². The van der Waals surface area contributed by atoms with Crippen LogP contribution in [0.4, 0.5) is 5.69 Å². The third-order valence-electron chi connectivity index (χ3n) is 2.79. The van der Waals surface area contributed by atoms with Gasteiger partial charge in [-0.15, -0.1) is 0 Å². The molecule has 0 heterocycles. The van der Waals surface area contributed by atoms with E-state index in [1.165, 1.54) is 5.56 Å². The Morgan fingerprint density at radius 3 is 2.56 bits per heavy atom. The molecule has 1 unspecified atom stereocenters. The van der Waals surface area contributed by atoms with Gasteiger partial charge in [0.1, 0.15) is 5.75 Å². The van der Waals surface area contributed by atoms with E-state index in [0.29, 0.717) is 0 Å². The predicted molar refractivity (Wildman–Crippen MR) is 69.3 cm³/mol. The highest BCUT2D eigenvalue weighted by molar-refractivity contribution is 5.53. The predicted octanol–water partition coefficient (Wildman–Crippen LogP) is 2.04. The maximum absolute atomic E-state index is 5.96. The van der Waals surface area contributed by atoms with E-state index in [1.54, 1.807) is 7.11 Å². The quantitative estimate of drug-likeness (QED) is 0.828. The number of methoxy groups -OCH3 is 1. The summed E-state index contributed by atoms with van der Waals surface area (Å²) in [5.74, 6) is 0.926. The van der Waals surface area contributed by atoms with Crippen LogP contribution in [0.1, 0.15) is 18.9 Å². The molecule has 16 heavy (non-hydrogen) atoms. The fourth-order valence-corrected chi connectivity index (χ4v) is 1.61. The van der Waals surface area contributed by atoms with E-state index in [-0.39, 0.29) is 6.04 Å². The molecule has 90 valence electrons. The average molecular weight is 222 g/mol. The molecule has 2 N–H and O–H groups in total. The maximum atomic E-state index is 5.96. The molecule has 1 aromatic carbocycles. The Balaban J connectivity index is 2.93. The number of hydrogen-bond acceptors (Lipinski definition) is 3. The molecule has 0 radical (unpaired) electrons. The topological polar surface area (TPSA) is 38.5 Å². The molecule has 1 rings (SSSR count). The van der Waals surface area contributed by atoms with Crippen molar-refractivity contribution in [1.82, 2.24) is 0 Å². The third kappa shape index (κ3) is 3.14. The fraction of sp³-hybridized carbons (Fsp3) is 0.538. The second-order valence-electron chi connectivity index (χ2n) is 4.26. The Kier molecular flexibility index (Phi) is 4.62.